The highest BCUT2D eigenvalue weighted by atomic mass is 35.5. The molecule has 0 aliphatic heterocycles. The number of nitrogens with two attached hydrogens (primary N) is 1. The maximum atomic E-state index is 12.4. The first-order valence-corrected chi connectivity index (χ1v) is 7.63. The van der Waals surface area contributed by atoms with Crippen LogP contribution in [0.4, 0.5) is 0 Å². The third-order valence-electron chi connectivity index (χ3n) is 3.71. The highest BCUT2D eigenvalue weighted by Crippen LogP contribution is 2.22. The monoisotopic (exact) mass is 351 g/mol. The zero-order valence-electron chi connectivity index (χ0n) is 14.8. The first-order valence-electron chi connectivity index (χ1n) is 7.63. The Morgan fingerprint density at radius 3 is 2.33 bits per heavy atom. The Bertz CT molecular complexity index is 700. The van der Waals surface area contributed by atoms with E-state index >= 15 is 0 Å². The van der Waals surface area contributed by atoms with Crippen LogP contribution >= 0.6 is 12.4 Å². The Labute approximate surface area is 149 Å². The van der Waals surface area contributed by atoms with Crippen molar-refractivity contribution in [2.24, 2.45) is 5.73 Å². The van der Waals surface area contributed by atoms with Gasteiger partial charge in [-0.05, 0) is 58.0 Å². The van der Waals surface area contributed by atoms with Crippen LogP contribution in [0, 0.1) is 13.8 Å². The van der Waals surface area contributed by atoms with Crippen LogP contribution in [-0.4, -0.2) is 29.7 Å². The fourth-order valence-corrected chi connectivity index (χ4v) is 2.52. The van der Waals surface area contributed by atoms with E-state index in [0.717, 1.165) is 22.8 Å². The van der Waals surface area contributed by atoms with Crippen molar-refractivity contribution in [1.29, 1.82) is 0 Å². The van der Waals surface area contributed by atoms with Crippen LogP contribution < -0.4 is 15.8 Å². The molecule has 1 aromatic carbocycles. The normalized spacial score (nSPS) is 10.9. The minimum absolute atomic E-state index is 0. The molecule has 1 aromatic heterocycles. The molecule has 0 radical (unpaired) electrons. The molecule has 0 aliphatic rings. The molecule has 3 N–H and O–H groups in total. The lowest BCUT2D eigenvalue weighted by Crippen LogP contribution is -2.45. The van der Waals surface area contributed by atoms with Crippen molar-refractivity contribution in [2.75, 3.05) is 13.7 Å². The van der Waals surface area contributed by atoms with Crippen LogP contribution in [0.2, 0.25) is 0 Å². The van der Waals surface area contributed by atoms with Gasteiger partial charge >= 0.3 is 0 Å². The number of hydrogen-bond acceptors (Lipinski definition) is 3. The molecule has 24 heavy (non-hydrogen) atoms. The van der Waals surface area contributed by atoms with Gasteiger partial charge in [0.1, 0.15) is 5.75 Å². The van der Waals surface area contributed by atoms with E-state index in [0.29, 0.717) is 12.1 Å². The molecule has 0 aliphatic carbocycles. The number of aromatic nitrogens is 1. The highest BCUT2D eigenvalue weighted by Gasteiger charge is 2.18. The molecule has 0 saturated carbocycles. The lowest BCUT2D eigenvalue weighted by Gasteiger charge is -2.19. The van der Waals surface area contributed by atoms with E-state index in [1.165, 1.54) is 0 Å². The second-order valence-electron chi connectivity index (χ2n) is 6.49. The largest absolute Gasteiger partial charge is 0.497 e. The summed E-state index contributed by atoms with van der Waals surface area (Å²) >= 11 is 0. The van der Waals surface area contributed by atoms with Crippen LogP contribution in [0.3, 0.4) is 0 Å². The Kier molecular flexibility index (Phi) is 6.46. The van der Waals surface area contributed by atoms with E-state index in [4.69, 9.17) is 10.5 Å². The van der Waals surface area contributed by atoms with Gasteiger partial charge in [-0.3, -0.25) is 4.79 Å². The van der Waals surface area contributed by atoms with E-state index in [1.807, 2.05) is 58.0 Å². The number of benzene rings is 1. The van der Waals surface area contributed by atoms with Crippen LogP contribution in [0.1, 0.15) is 35.6 Å². The summed E-state index contributed by atoms with van der Waals surface area (Å²) in [4.78, 5) is 12.4. The van der Waals surface area contributed by atoms with Gasteiger partial charge in [0.05, 0.1) is 12.7 Å². The van der Waals surface area contributed by atoms with Gasteiger partial charge in [0.25, 0.3) is 5.91 Å². The van der Waals surface area contributed by atoms with Crippen molar-refractivity contribution in [3.8, 4) is 11.4 Å². The zero-order valence-corrected chi connectivity index (χ0v) is 15.7. The first kappa shape index (κ1) is 20.1. The predicted molar refractivity (Wildman–Crippen MR) is 99.6 cm³/mol. The van der Waals surface area contributed by atoms with Gasteiger partial charge in [-0.15, -0.1) is 12.4 Å². The first-order chi connectivity index (χ1) is 10.7. The number of halogens is 1. The third-order valence-corrected chi connectivity index (χ3v) is 3.71. The second-order valence-corrected chi connectivity index (χ2v) is 6.49. The van der Waals surface area contributed by atoms with Crippen molar-refractivity contribution in [3.05, 3.63) is 47.3 Å². The summed E-state index contributed by atoms with van der Waals surface area (Å²) in [5.41, 5.74) is 9.06. The number of carbonyl (C=O) groups is 1. The van der Waals surface area contributed by atoms with Crippen molar-refractivity contribution >= 4 is 18.3 Å². The summed E-state index contributed by atoms with van der Waals surface area (Å²) in [6.45, 7) is 8.13. The van der Waals surface area contributed by atoms with Gasteiger partial charge in [0.15, 0.2) is 0 Å². The quantitative estimate of drug-likeness (QED) is 0.870. The molecule has 132 valence electrons. The molecule has 0 spiro atoms. The lowest BCUT2D eigenvalue weighted by molar-refractivity contribution is 0.0945. The number of carbonyl (C=O) groups excluding carboxylic acids is 1. The molecule has 0 bridgehead atoms. The van der Waals surface area contributed by atoms with Crippen LogP contribution in [0.15, 0.2) is 30.3 Å². The van der Waals surface area contributed by atoms with Crippen molar-refractivity contribution < 1.29 is 9.53 Å². The molecule has 2 aromatic rings. The number of ether oxygens (including phenoxy) is 1. The van der Waals surface area contributed by atoms with Crippen LogP contribution in [-0.2, 0) is 0 Å². The lowest BCUT2D eigenvalue weighted by atomic mass is 10.1. The molecular weight excluding hydrogens is 326 g/mol. The third kappa shape index (κ3) is 4.52. The van der Waals surface area contributed by atoms with E-state index in [2.05, 4.69) is 9.88 Å². The van der Waals surface area contributed by atoms with Gasteiger partial charge in [0, 0.05) is 29.2 Å². The van der Waals surface area contributed by atoms with E-state index < -0.39 is 5.54 Å². The number of nitrogens with one attached hydrogen (secondary N) is 1. The SMILES string of the molecule is COc1ccc(-n2c(C)cc(C(=O)NCC(C)(C)N)c2C)cc1.Cl. The highest BCUT2D eigenvalue weighted by molar-refractivity contribution is 5.96. The summed E-state index contributed by atoms with van der Waals surface area (Å²) in [5.74, 6) is 0.704. The summed E-state index contributed by atoms with van der Waals surface area (Å²) < 4.78 is 7.25. The minimum Gasteiger partial charge on any atom is -0.497 e. The molecule has 1 amide bonds. The van der Waals surface area contributed by atoms with E-state index in [-0.39, 0.29) is 18.3 Å². The Morgan fingerprint density at radius 1 is 1.25 bits per heavy atom. The van der Waals surface area contributed by atoms with Crippen molar-refractivity contribution in [3.63, 3.8) is 0 Å². The Hall–Kier alpha value is -1.98. The van der Waals surface area contributed by atoms with Crippen molar-refractivity contribution in [2.45, 2.75) is 33.2 Å². The number of nitrogens with zero attached hydrogens (tertiary/aromatic N) is 1. The molecule has 0 atom stereocenters. The van der Waals surface area contributed by atoms with Crippen LogP contribution in [0.5, 0.6) is 5.75 Å². The van der Waals surface area contributed by atoms with E-state index in [9.17, 15) is 4.79 Å². The fraction of sp³-hybridized carbons (Fsp3) is 0.389. The van der Waals surface area contributed by atoms with E-state index in [1.54, 1.807) is 7.11 Å². The standard InChI is InChI=1S/C18H25N3O2.ClH/c1-12-10-16(17(22)20-11-18(3,4)19)13(2)21(12)14-6-8-15(23-5)9-7-14;/h6-10H,11,19H2,1-5H3,(H,20,22);1H. The zero-order chi connectivity index (χ0) is 17.2. The molecule has 2 rings (SSSR count). The molecule has 1 heterocycles. The average Bonchev–Trinajstić information content (AvgIpc) is 2.79. The minimum atomic E-state index is -0.433. The molecular formula is C18H26ClN3O2. The molecule has 6 heteroatoms. The smallest absolute Gasteiger partial charge is 0.253 e. The molecule has 0 unspecified atom stereocenters. The summed E-state index contributed by atoms with van der Waals surface area (Å²) in [6, 6.07) is 9.67. The van der Waals surface area contributed by atoms with Gasteiger partial charge in [-0.1, -0.05) is 0 Å². The number of amides is 1. The fourth-order valence-electron chi connectivity index (χ4n) is 2.52. The molecule has 0 saturated heterocycles. The van der Waals surface area contributed by atoms with Crippen LogP contribution in [0.25, 0.3) is 5.69 Å². The molecule has 5 nitrogen and oxygen atoms in total. The van der Waals surface area contributed by atoms with Gasteiger partial charge in [0.2, 0.25) is 0 Å². The Morgan fingerprint density at radius 2 is 1.83 bits per heavy atom. The maximum absolute atomic E-state index is 12.4. The van der Waals surface area contributed by atoms with Gasteiger partial charge in [-0.2, -0.15) is 0 Å². The Balaban J connectivity index is 0.00000288. The summed E-state index contributed by atoms with van der Waals surface area (Å²) in [5, 5.41) is 2.89. The predicted octanol–water partition coefficient (Wildman–Crippen LogP) is 2.99. The topological polar surface area (TPSA) is 69.3 Å². The summed E-state index contributed by atoms with van der Waals surface area (Å²) in [6.07, 6.45) is 0. The number of rotatable bonds is 5. The van der Waals surface area contributed by atoms with Crippen molar-refractivity contribution in [1.82, 2.24) is 9.88 Å². The summed E-state index contributed by atoms with van der Waals surface area (Å²) in [7, 11) is 1.64. The second kappa shape index (κ2) is 7.73. The van der Waals surface area contributed by atoms with Gasteiger partial charge in [-0.25, -0.2) is 0 Å². The number of hydrogen-bond donors (Lipinski definition) is 2. The average molecular weight is 352 g/mol. The number of aryl methyl sites for hydroxylation is 1. The maximum Gasteiger partial charge on any atom is 0.253 e. The number of methoxy groups -OCH3 is 1. The van der Waals surface area contributed by atoms with Gasteiger partial charge < -0.3 is 20.4 Å². The molecule has 0 fully saturated rings.